The number of halogens is 3. The molecular weight excluding hydrogens is 397 g/mol. The van der Waals surface area contributed by atoms with E-state index >= 15 is 0 Å². The van der Waals surface area contributed by atoms with Crippen LogP contribution in [0.4, 0.5) is 19.0 Å². The van der Waals surface area contributed by atoms with Crippen molar-refractivity contribution in [3.05, 3.63) is 41.6 Å². The Kier molecular flexibility index (Phi) is 5.23. The highest BCUT2D eigenvalue weighted by Gasteiger charge is 2.31. The number of benzene rings is 1. The zero-order valence-electron chi connectivity index (χ0n) is 16.2. The Morgan fingerprint density at radius 2 is 1.90 bits per heavy atom. The number of aromatic nitrogens is 3. The van der Waals surface area contributed by atoms with Crippen LogP contribution in [0.2, 0.25) is 0 Å². The maximum Gasteiger partial charge on any atom is 0.416 e. The first kappa shape index (κ1) is 20.3. The molecular formula is C21H21F3N4O2. The number of nitrogens with zero attached hydrogens (tertiary/aromatic N) is 3. The number of phenolic OH excluding ortho intramolecular Hbond substituents is 1. The summed E-state index contributed by atoms with van der Waals surface area (Å²) in [7, 11) is 0. The molecule has 9 heteroatoms. The quantitative estimate of drug-likeness (QED) is 0.583. The Labute approximate surface area is 170 Å². The standard InChI is InChI=1S/C21H21F3N4O2/c1-11-5-7-16-18(15-8-6-12(9-17(15)30)21(22,23)24)27-28-20(19(16)25-11)26-13-3-2-4-14(29)10-13/h5-9,13-14,29-30H,2-4,10H2,1H3,(H,26,28). The Hall–Kier alpha value is -2.94. The third kappa shape index (κ3) is 4.02. The molecule has 1 aromatic carbocycles. The normalized spacial score (nSPS) is 19.8. The van der Waals surface area contributed by atoms with Crippen molar-refractivity contribution in [1.29, 1.82) is 0 Å². The van der Waals surface area contributed by atoms with Crippen LogP contribution in [0.5, 0.6) is 5.75 Å². The highest BCUT2D eigenvalue weighted by atomic mass is 19.4. The highest BCUT2D eigenvalue weighted by molar-refractivity contribution is 5.98. The third-order valence-corrected chi connectivity index (χ3v) is 5.33. The average molecular weight is 418 g/mol. The minimum atomic E-state index is -4.55. The number of aryl methyl sites for hydroxylation is 1. The van der Waals surface area contributed by atoms with Gasteiger partial charge in [0.25, 0.3) is 0 Å². The van der Waals surface area contributed by atoms with E-state index in [1.54, 1.807) is 12.1 Å². The molecule has 1 fully saturated rings. The van der Waals surface area contributed by atoms with E-state index in [9.17, 15) is 23.4 Å². The van der Waals surface area contributed by atoms with Gasteiger partial charge in [0.15, 0.2) is 5.82 Å². The van der Waals surface area contributed by atoms with Crippen molar-refractivity contribution in [2.75, 3.05) is 5.32 Å². The molecule has 2 heterocycles. The third-order valence-electron chi connectivity index (χ3n) is 5.33. The summed E-state index contributed by atoms with van der Waals surface area (Å²) < 4.78 is 38.8. The van der Waals surface area contributed by atoms with Gasteiger partial charge in [-0.3, -0.25) is 0 Å². The van der Waals surface area contributed by atoms with E-state index in [0.29, 0.717) is 29.2 Å². The molecule has 1 aliphatic rings. The number of phenols is 1. The molecule has 0 radical (unpaired) electrons. The van der Waals surface area contributed by atoms with Crippen LogP contribution in [0.25, 0.3) is 22.2 Å². The number of hydrogen-bond acceptors (Lipinski definition) is 6. The molecule has 2 atom stereocenters. The molecule has 2 aromatic heterocycles. The number of hydrogen-bond donors (Lipinski definition) is 3. The second-order valence-corrected chi connectivity index (χ2v) is 7.64. The van der Waals surface area contributed by atoms with Gasteiger partial charge in [-0.15, -0.1) is 10.2 Å². The highest BCUT2D eigenvalue weighted by Crippen LogP contribution is 2.38. The first-order valence-electron chi connectivity index (χ1n) is 9.71. The van der Waals surface area contributed by atoms with Crippen molar-refractivity contribution in [3.8, 4) is 17.0 Å². The topological polar surface area (TPSA) is 91.2 Å². The minimum Gasteiger partial charge on any atom is -0.507 e. The molecule has 3 N–H and O–H groups in total. The first-order chi connectivity index (χ1) is 14.2. The van der Waals surface area contributed by atoms with Crippen molar-refractivity contribution < 1.29 is 23.4 Å². The summed E-state index contributed by atoms with van der Waals surface area (Å²) in [5.41, 5.74) is 0.706. The fraction of sp³-hybridized carbons (Fsp3) is 0.381. The first-order valence-corrected chi connectivity index (χ1v) is 9.71. The van der Waals surface area contributed by atoms with Gasteiger partial charge in [-0.1, -0.05) is 0 Å². The summed E-state index contributed by atoms with van der Waals surface area (Å²) in [6.07, 6.45) is -1.78. The average Bonchev–Trinajstić information content (AvgIpc) is 2.68. The molecule has 3 aromatic rings. The van der Waals surface area contributed by atoms with E-state index in [2.05, 4.69) is 20.5 Å². The number of fused-ring (bicyclic) bond motifs is 1. The van der Waals surface area contributed by atoms with Gasteiger partial charge < -0.3 is 15.5 Å². The molecule has 0 saturated heterocycles. The van der Waals surface area contributed by atoms with Gasteiger partial charge in [0.05, 0.1) is 11.7 Å². The van der Waals surface area contributed by atoms with Gasteiger partial charge in [0, 0.05) is 22.7 Å². The van der Waals surface area contributed by atoms with Crippen molar-refractivity contribution in [1.82, 2.24) is 15.2 Å². The van der Waals surface area contributed by atoms with E-state index in [-0.39, 0.29) is 23.4 Å². The predicted molar refractivity (Wildman–Crippen MR) is 106 cm³/mol. The van der Waals surface area contributed by atoms with Crippen LogP contribution in [0.3, 0.4) is 0 Å². The maximum atomic E-state index is 12.9. The summed E-state index contributed by atoms with van der Waals surface area (Å²) in [5, 5.41) is 32.4. The van der Waals surface area contributed by atoms with Gasteiger partial charge in [0.2, 0.25) is 0 Å². The molecule has 1 aliphatic carbocycles. The number of nitrogens with one attached hydrogen (secondary N) is 1. The summed E-state index contributed by atoms with van der Waals surface area (Å²) >= 11 is 0. The summed E-state index contributed by atoms with van der Waals surface area (Å²) in [6, 6.07) is 6.33. The van der Waals surface area contributed by atoms with E-state index < -0.39 is 17.5 Å². The zero-order chi connectivity index (χ0) is 21.5. The smallest absolute Gasteiger partial charge is 0.416 e. The number of pyridine rings is 1. The summed E-state index contributed by atoms with van der Waals surface area (Å²) in [4.78, 5) is 4.54. The predicted octanol–water partition coefficient (Wildman–Crippen LogP) is 4.44. The van der Waals surface area contributed by atoms with Crippen molar-refractivity contribution >= 4 is 16.7 Å². The van der Waals surface area contributed by atoms with Gasteiger partial charge >= 0.3 is 6.18 Å². The second kappa shape index (κ2) is 7.71. The number of anilines is 1. The number of aliphatic hydroxyl groups excluding tert-OH is 1. The van der Waals surface area contributed by atoms with Crippen molar-refractivity contribution in [3.63, 3.8) is 0 Å². The number of rotatable bonds is 3. The second-order valence-electron chi connectivity index (χ2n) is 7.64. The lowest BCUT2D eigenvalue weighted by atomic mass is 9.93. The molecule has 0 amide bonds. The Balaban J connectivity index is 1.78. The Bertz CT molecular complexity index is 1090. The van der Waals surface area contributed by atoms with Crippen LogP contribution in [0.1, 0.15) is 36.9 Å². The largest absolute Gasteiger partial charge is 0.507 e. The Morgan fingerprint density at radius 1 is 1.10 bits per heavy atom. The van der Waals surface area contributed by atoms with Crippen LogP contribution in [0.15, 0.2) is 30.3 Å². The summed E-state index contributed by atoms with van der Waals surface area (Å²) in [6.45, 7) is 1.82. The zero-order valence-corrected chi connectivity index (χ0v) is 16.2. The minimum absolute atomic E-state index is 0.0267. The van der Waals surface area contributed by atoms with E-state index in [4.69, 9.17) is 0 Å². The molecule has 0 aliphatic heterocycles. The van der Waals surface area contributed by atoms with Crippen LogP contribution in [0, 0.1) is 6.92 Å². The van der Waals surface area contributed by atoms with Crippen molar-refractivity contribution in [2.45, 2.75) is 50.9 Å². The van der Waals surface area contributed by atoms with E-state index in [1.807, 2.05) is 6.92 Å². The van der Waals surface area contributed by atoms with Crippen LogP contribution in [-0.4, -0.2) is 37.5 Å². The van der Waals surface area contributed by atoms with Crippen molar-refractivity contribution in [2.24, 2.45) is 0 Å². The van der Waals surface area contributed by atoms with E-state index in [0.717, 1.165) is 31.0 Å². The maximum absolute atomic E-state index is 12.9. The lowest BCUT2D eigenvalue weighted by molar-refractivity contribution is -0.137. The van der Waals surface area contributed by atoms with Gasteiger partial charge in [-0.2, -0.15) is 13.2 Å². The Morgan fingerprint density at radius 3 is 2.60 bits per heavy atom. The monoisotopic (exact) mass is 418 g/mol. The molecule has 2 unspecified atom stereocenters. The number of aliphatic hydroxyl groups is 1. The lowest BCUT2D eigenvalue weighted by Crippen LogP contribution is -2.30. The molecule has 30 heavy (non-hydrogen) atoms. The lowest BCUT2D eigenvalue weighted by Gasteiger charge is -2.27. The molecule has 4 rings (SSSR count). The van der Waals surface area contributed by atoms with Crippen LogP contribution < -0.4 is 5.32 Å². The van der Waals surface area contributed by atoms with Gasteiger partial charge in [0.1, 0.15) is 17.0 Å². The van der Waals surface area contributed by atoms with Gasteiger partial charge in [-0.05, 0) is 62.9 Å². The number of aromatic hydroxyl groups is 1. The molecule has 6 nitrogen and oxygen atoms in total. The fourth-order valence-corrected chi connectivity index (χ4v) is 3.82. The van der Waals surface area contributed by atoms with Crippen LogP contribution >= 0.6 is 0 Å². The van der Waals surface area contributed by atoms with Crippen LogP contribution in [-0.2, 0) is 6.18 Å². The van der Waals surface area contributed by atoms with Gasteiger partial charge in [-0.25, -0.2) is 4.98 Å². The van der Waals surface area contributed by atoms with E-state index in [1.165, 1.54) is 6.07 Å². The molecule has 0 spiro atoms. The fourth-order valence-electron chi connectivity index (χ4n) is 3.82. The molecule has 1 saturated carbocycles. The number of alkyl halides is 3. The SMILES string of the molecule is Cc1ccc2c(-c3ccc(C(F)(F)F)cc3O)nnc(NC3CCCC(O)C3)c2n1. The summed E-state index contributed by atoms with van der Waals surface area (Å²) in [5.74, 6) is -0.0833. The molecule has 158 valence electrons. The molecule has 0 bridgehead atoms.